The van der Waals surface area contributed by atoms with Crippen molar-refractivity contribution >= 4 is 5.69 Å². The van der Waals surface area contributed by atoms with Crippen LogP contribution in [0, 0.1) is 0 Å². The highest BCUT2D eigenvalue weighted by molar-refractivity contribution is 5.44. The van der Waals surface area contributed by atoms with Gasteiger partial charge >= 0.3 is 0 Å². The molecule has 2 rings (SSSR count). The zero-order valence-corrected chi connectivity index (χ0v) is 10.9. The normalized spacial score (nSPS) is 17.0. The van der Waals surface area contributed by atoms with E-state index in [9.17, 15) is 0 Å². The molecule has 1 N–H and O–H groups in total. The molecule has 1 aromatic carbocycles. The van der Waals surface area contributed by atoms with Gasteiger partial charge in [0.2, 0.25) is 0 Å². The van der Waals surface area contributed by atoms with E-state index in [1.165, 1.54) is 50.0 Å². The molecule has 1 saturated heterocycles. The van der Waals surface area contributed by atoms with E-state index in [1.807, 2.05) is 0 Å². The van der Waals surface area contributed by atoms with Crippen molar-refractivity contribution in [3.8, 4) is 0 Å². The molecule has 1 fully saturated rings. The number of likely N-dealkylation sites (tertiary alicyclic amines) is 1. The molecule has 1 heterocycles. The van der Waals surface area contributed by atoms with Crippen molar-refractivity contribution in [2.75, 3.05) is 25.0 Å². The van der Waals surface area contributed by atoms with Gasteiger partial charge in [0.1, 0.15) is 0 Å². The van der Waals surface area contributed by atoms with E-state index in [4.69, 9.17) is 0 Å². The van der Waals surface area contributed by atoms with Gasteiger partial charge in [0, 0.05) is 18.8 Å². The van der Waals surface area contributed by atoms with E-state index in [2.05, 4.69) is 41.4 Å². The van der Waals surface area contributed by atoms with Crippen molar-refractivity contribution in [3.05, 3.63) is 29.8 Å². The van der Waals surface area contributed by atoms with E-state index in [-0.39, 0.29) is 0 Å². The standard InChI is InChI=1S/C15H24N2/c1-2-10-16-15-8-6-14(7-9-15)13-17-11-4-3-5-12-17/h6-9,16H,2-5,10-13H2,1H3. The summed E-state index contributed by atoms with van der Waals surface area (Å²) in [4.78, 5) is 2.57. The average molecular weight is 232 g/mol. The maximum absolute atomic E-state index is 3.41. The Labute approximate surface area is 105 Å². The van der Waals surface area contributed by atoms with Crippen molar-refractivity contribution < 1.29 is 0 Å². The average Bonchev–Trinajstić information content (AvgIpc) is 2.39. The highest BCUT2D eigenvalue weighted by Crippen LogP contribution is 2.15. The molecule has 1 aliphatic rings. The van der Waals surface area contributed by atoms with E-state index < -0.39 is 0 Å². The van der Waals surface area contributed by atoms with Crippen LogP contribution in [0.5, 0.6) is 0 Å². The largest absolute Gasteiger partial charge is 0.385 e. The number of nitrogens with zero attached hydrogens (tertiary/aromatic N) is 1. The van der Waals surface area contributed by atoms with E-state index in [0.717, 1.165) is 13.1 Å². The van der Waals surface area contributed by atoms with Gasteiger partial charge in [0.25, 0.3) is 0 Å². The molecule has 0 atom stereocenters. The molecule has 1 aromatic rings. The molecule has 2 nitrogen and oxygen atoms in total. The number of hydrogen-bond donors (Lipinski definition) is 1. The predicted molar refractivity (Wildman–Crippen MR) is 74.4 cm³/mol. The summed E-state index contributed by atoms with van der Waals surface area (Å²) in [5, 5.41) is 3.41. The van der Waals surface area contributed by atoms with Gasteiger partial charge in [0.05, 0.1) is 0 Å². The molecular formula is C15H24N2. The SMILES string of the molecule is CCCNc1ccc(CN2CCCCC2)cc1. The van der Waals surface area contributed by atoms with Gasteiger partial charge in [0.15, 0.2) is 0 Å². The first-order chi connectivity index (χ1) is 8.38. The number of piperidine rings is 1. The van der Waals surface area contributed by atoms with Crippen LogP contribution in [0.3, 0.4) is 0 Å². The van der Waals surface area contributed by atoms with E-state index >= 15 is 0 Å². The summed E-state index contributed by atoms with van der Waals surface area (Å²) < 4.78 is 0. The minimum absolute atomic E-state index is 1.06. The number of benzene rings is 1. The topological polar surface area (TPSA) is 15.3 Å². The van der Waals surface area contributed by atoms with Gasteiger partial charge in [-0.15, -0.1) is 0 Å². The second-order valence-electron chi connectivity index (χ2n) is 4.96. The lowest BCUT2D eigenvalue weighted by atomic mass is 10.1. The van der Waals surface area contributed by atoms with Crippen LogP contribution in [0.4, 0.5) is 5.69 Å². The summed E-state index contributed by atoms with van der Waals surface area (Å²) in [6, 6.07) is 8.92. The lowest BCUT2D eigenvalue weighted by Gasteiger charge is -2.26. The molecular weight excluding hydrogens is 208 g/mol. The van der Waals surface area contributed by atoms with E-state index in [1.54, 1.807) is 0 Å². The van der Waals surface area contributed by atoms with Crippen LogP contribution in [-0.4, -0.2) is 24.5 Å². The van der Waals surface area contributed by atoms with Crippen molar-refractivity contribution in [1.82, 2.24) is 4.90 Å². The van der Waals surface area contributed by atoms with Crippen LogP contribution in [0.15, 0.2) is 24.3 Å². The first-order valence-corrected chi connectivity index (χ1v) is 6.93. The molecule has 0 aliphatic carbocycles. The first-order valence-electron chi connectivity index (χ1n) is 6.93. The van der Waals surface area contributed by atoms with Crippen LogP contribution in [0.25, 0.3) is 0 Å². The Hall–Kier alpha value is -1.02. The summed E-state index contributed by atoms with van der Waals surface area (Å²) in [7, 11) is 0. The molecule has 0 spiro atoms. The quantitative estimate of drug-likeness (QED) is 0.836. The van der Waals surface area contributed by atoms with Crippen molar-refractivity contribution in [3.63, 3.8) is 0 Å². The lowest BCUT2D eigenvalue weighted by Crippen LogP contribution is -2.29. The molecule has 0 saturated carbocycles. The molecule has 94 valence electrons. The molecule has 0 aromatic heterocycles. The van der Waals surface area contributed by atoms with Gasteiger partial charge in [-0.05, 0) is 50.0 Å². The van der Waals surface area contributed by atoms with Crippen LogP contribution >= 0.6 is 0 Å². The van der Waals surface area contributed by atoms with Crippen LogP contribution in [-0.2, 0) is 6.54 Å². The fourth-order valence-electron chi connectivity index (χ4n) is 2.37. The Kier molecular flexibility index (Phi) is 4.87. The van der Waals surface area contributed by atoms with Crippen LogP contribution in [0.1, 0.15) is 38.2 Å². The zero-order chi connectivity index (χ0) is 11.9. The van der Waals surface area contributed by atoms with Crippen LogP contribution in [0.2, 0.25) is 0 Å². The van der Waals surface area contributed by atoms with Crippen LogP contribution < -0.4 is 5.32 Å². The lowest BCUT2D eigenvalue weighted by molar-refractivity contribution is 0.221. The second-order valence-corrected chi connectivity index (χ2v) is 4.96. The summed E-state index contributed by atoms with van der Waals surface area (Å²) in [6.45, 7) is 6.92. The van der Waals surface area contributed by atoms with Gasteiger partial charge in [-0.1, -0.05) is 25.5 Å². The molecule has 0 bridgehead atoms. The van der Waals surface area contributed by atoms with Gasteiger partial charge in [-0.25, -0.2) is 0 Å². The van der Waals surface area contributed by atoms with Gasteiger partial charge < -0.3 is 5.32 Å². The summed E-state index contributed by atoms with van der Waals surface area (Å²) >= 11 is 0. The highest BCUT2D eigenvalue weighted by Gasteiger charge is 2.09. The third-order valence-corrected chi connectivity index (χ3v) is 3.39. The number of anilines is 1. The number of rotatable bonds is 5. The highest BCUT2D eigenvalue weighted by atomic mass is 15.1. The molecule has 17 heavy (non-hydrogen) atoms. The minimum Gasteiger partial charge on any atom is -0.385 e. The number of hydrogen-bond acceptors (Lipinski definition) is 2. The first kappa shape index (κ1) is 12.4. The Morgan fingerprint density at radius 3 is 2.41 bits per heavy atom. The number of nitrogens with one attached hydrogen (secondary N) is 1. The molecule has 0 amide bonds. The molecule has 0 unspecified atom stereocenters. The second kappa shape index (κ2) is 6.65. The third-order valence-electron chi connectivity index (χ3n) is 3.39. The Morgan fingerprint density at radius 2 is 1.76 bits per heavy atom. The minimum atomic E-state index is 1.06. The van der Waals surface area contributed by atoms with Crippen molar-refractivity contribution in [1.29, 1.82) is 0 Å². The zero-order valence-electron chi connectivity index (χ0n) is 10.9. The van der Waals surface area contributed by atoms with Crippen molar-refractivity contribution in [2.45, 2.75) is 39.2 Å². The van der Waals surface area contributed by atoms with Gasteiger partial charge in [-0.2, -0.15) is 0 Å². The summed E-state index contributed by atoms with van der Waals surface area (Å²) in [5.41, 5.74) is 2.68. The third kappa shape index (κ3) is 4.04. The maximum atomic E-state index is 3.41. The van der Waals surface area contributed by atoms with Gasteiger partial charge in [-0.3, -0.25) is 4.90 Å². The molecule has 0 radical (unpaired) electrons. The summed E-state index contributed by atoms with van der Waals surface area (Å²) in [5.74, 6) is 0. The Bertz CT molecular complexity index is 312. The monoisotopic (exact) mass is 232 g/mol. The fourth-order valence-corrected chi connectivity index (χ4v) is 2.37. The Balaban J connectivity index is 1.84. The molecule has 1 aliphatic heterocycles. The maximum Gasteiger partial charge on any atom is 0.0340 e. The smallest absolute Gasteiger partial charge is 0.0340 e. The molecule has 2 heteroatoms. The van der Waals surface area contributed by atoms with E-state index in [0.29, 0.717) is 0 Å². The fraction of sp³-hybridized carbons (Fsp3) is 0.600. The predicted octanol–water partition coefficient (Wildman–Crippen LogP) is 3.49. The summed E-state index contributed by atoms with van der Waals surface area (Å²) in [6.07, 6.45) is 5.33. The Morgan fingerprint density at radius 1 is 1.06 bits per heavy atom. The van der Waals surface area contributed by atoms with Crippen molar-refractivity contribution in [2.24, 2.45) is 0 Å².